The molecule has 0 amide bonds. The SMILES string of the molecule is Fc1cccc(CC2(C3CC3)CCCCCN2)c1. The summed E-state index contributed by atoms with van der Waals surface area (Å²) < 4.78 is 13.3. The normalized spacial score (nSPS) is 28.9. The Bertz CT molecular complexity index is 403. The lowest BCUT2D eigenvalue weighted by Gasteiger charge is -2.34. The number of halogens is 1. The molecule has 1 heterocycles. The van der Waals surface area contributed by atoms with Crippen LogP contribution in [0.2, 0.25) is 0 Å². The molecule has 1 saturated heterocycles. The fourth-order valence-electron chi connectivity index (χ4n) is 3.46. The summed E-state index contributed by atoms with van der Waals surface area (Å²) >= 11 is 0. The first-order chi connectivity index (χ1) is 8.78. The van der Waals surface area contributed by atoms with Crippen molar-refractivity contribution >= 4 is 0 Å². The molecule has 98 valence electrons. The van der Waals surface area contributed by atoms with Crippen molar-refractivity contribution in [1.29, 1.82) is 0 Å². The van der Waals surface area contributed by atoms with Gasteiger partial charge < -0.3 is 5.32 Å². The largest absolute Gasteiger partial charge is 0.311 e. The molecule has 0 spiro atoms. The lowest BCUT2D eigenvalue weighted by atomic mass is 9.82. The van der Waals surface area contributed by atoms with Gasteiger partial charge in [-0.3, -0.25) is 0 Å². The molecule has 1 nitrogen and oxygen atoms in total. The lowest BCUT2D eigenvalue weighted by Crippen LogP contribution is -2.48. The quantitative estimate of drug-likeness (QED) is 0.859. The Morgan fingerprint density at radius 3 is 2.89 bits per heavy atom. The maximum Gasteiger partial charge on any atom is 0.123 e. The summed E-state index contributed by atoms with van der Waals surface area (Å²) in [6.07, 6.45) is 8.90. The Morgan fingerprint density at radius 2 is 2.11 bits per heavy atom. The fourth-order valence-corrected chi connectivity index (χ4v) is 3.46. The van der Waals surface area contributed by atoms with Crippen LogP contribution < -0.4 is 5.32 Å². The van der Waals surface area contributed by atoms with Crippen LogP contribution in [0.25, 0.3) is 0 Å². The third kappa shape index (κ3) is 2.59. The molecule has 1 aromatic carbocycles. The van der Waals surface area contributed by atoms with E-state index in [-0.39, 0.29) is 11.4 Å². The first kappa shape index (κ1) is 12.2. The van der Waals surface area contributed by atoms with E-state index >= 15 is 0 Å². The minimum atomic E-state index is -0.105. The van der Waals surface area contributed by atoms with Crippen molar-refractivity contribution in [2.45, 2.75) is 50.5 Å². The number of hydrogen-bond donors (Lipinski definition) is 1. The van der Waals surface area contributed by atoms with Crippen LogP contribution in [0.1, 0.15) is 44.1 Å². The van der Waals surface area contributed by atoms with Crippen molar-refractivity contribution < 1.29 is 4.39 Å². The average Bonchev–Trinajstić information content (AvgIpc) is 3.16. The molecule has 1 N–H and O–H groups in total. The Hall–Kier alpha value is -0.890. The fraction of sp³-hybridized carbons (Fsp3) is 0.625. The highest BCUT2D eigenvalue weighted by Crippen LogP contribution is 2.45. The van der Waals surface area contributed by atoms with Gasteiger partial charge in [-0.15, -0.1) is 0 Å². The van der Waals surface area contributed by atoms with Crippen LogP contribution >= 0.6 is 0 Å². The second-order valence-electron chi connectivity index (χ2n) is 5.97. The van der Waals surface area contributed by atoms with E-state index in [2.05, 4.69) is 11.4 Å². The molecule has 1 aliphatic heterocycles. The zero-order valence-electron chi connectivity index (χ0n) is 10.9. The van der Waals surface area contributed by atoms with Crippen LogP contribution in [0.15, 0.2) is 24.3 Å². The van der Waals surface area contributed by atoms with Crippen molar-refractivity contribution in [2.24, 2.45) is 5.92 Å². The van der Waals surface area contributed by atoms with Crippen molar-refractivity contribution in [1.82, 2.24) is 5.32 Å². The third-order valence-electron chi connectivity index (χ3n) is 4.54. The molecule has 2 fully saturated rings. The number of nitrogens with one attached hydrogen (secondary N) is 1. The Kier molecular flexibility index (Phi) is 3.38. The zero-order valence-corrected chi connectivity index (χ0v) is 10.9. The molecule has 1 unspecified atom stereocenters. The maximum absolute atomic E-state index is 13.3. The monoisotopic (exact) mass is 247 g/mol. The van der Waals surface area contributed by atoms with E-state index in [0.29, 0.717) is 0 Å². The van der Waals surface area contributed by atoms with Gasteiger partial charge in [0.25, 0.3) is 0 Å². The van der Waals surface area contributed by atoms with E-state index in [9.17, 15) is 4.39 Å². The zero-order chi connectivity index (χ0) is 12.4. The van der Waals surface area contributed by atoms with Crippen molar-refractivity contribution in [3.63, 3.8) is 0 Å². The van der Waals surface area contributed by atoms with Gasteiger partial charge in [-0.25, -0.2) is 4.39 Å². The summed E-state index contributed by atoms with van der Waals surface area (Å²) in [7, 11) is 0. The van der Waals surface area contributed by atoms with Crippen molar-refractivity contribution in [3.05, 3.63) is 35.6 Å². The van der Waals surface area contributed by atoms with Gasteiger partial charge in [0.2, 0.25) is 0 Å². The van der Waals surface area contributed by atoms with Crippen molar-refractivity contribution in [2.75, 3.05) is 6.54 Å². The first-order valence-electron chi connectivity index (χ1n) is 7.28. The molecule has 1 aromatic rings. The second kappa shape index (κ2) is 5.00. The minimum Gasteiger partial charge on any atom is -0.311 e. The lowest BCUT2D eigenvalue weighted by molar-refractivity contribution is 0.270. The van der Waals surface area contributed by atoms with Crippen LogP contribution in [0, 0.1) is 11.7 Å². The molecule has 0 radical (unpaired) electrons. The van der Waals surface area contributed by atoms with Gasteiger partial charge in [-0.1, -0.05) is 25.0 Å². The maximum atomic E-state index is 13.3. The van der Waals surface area contributed by atoms with Gasteiger partial charge in [-0.05, 0) is 62.3 Å². The predicted octanol–water partition coefficient (Wildman–Crippen LogP) is 3.68. The summed E-state index contributed by atoms with van der Waals surface area (Å²) in [6.45, 7) is 1.13. The highest BCUT2D eigenvalue weighted by molar-refractivity contribution is 5.21. The number of hydrogen-bond acceptors (Lipinski definition) is 1. The minimum absolute atomic E-state index is 0.105. The Morgan fingerprint density at radius 1 is 1.22 bits per heavy atom. The predicted molar refractivity (Wildman–Crippen MR) is 72.0 cm³/mol. The highest BCUT2D eigenvalue weighted by atomic mass is 19.1. The van der Waals surface area contributed by atoms with Crippen LogP contribution in [0.3, 0.4) is 0 Å². The first-order valence-corrected chi connectivity index (χ1v) is 7.28. The topological polar surface area (TPSA) is 12.0 Å². The van der Waals surface area contributed by atoms with Gasteiger partial charge in [-0.2, -0.15) is 0 Å². The van der Waals surface area contributed by atoms with Crippen LogP contribution in [-0.4, -0.2) is 12.1 Å². The highest BCUT2D eigenvalue weighted by Gasteiger charge is 2.44. The number of rotatable bonds is 3. The standard InChI is InChI=1S/C16H22FN/c17-15-6-4-5-13(11-15)12-16(14-7-8-14)9-2-1-3-10-18-16/h4-6,11,14,18H,1-3,7-10,12H2. The summed E-state index contributed by atoms with van der Waals surface area (Å²) in [6, 6.07) is 7.15. The molecule has 18 heavy (non-hydrogen) atoms. The van der Waals surface area contributed by atoms with Gasteiger partial charge in [0.1, 0.15) is 5.82 Å². The molecule has 1 atom stereocenters. The Balaban J connectivity index is 1.81. The van der Waals surface area contributed by atoms with Crippen molar-refractivity contribution in [3.8, 4) is 0 Å². The molecule has 1 aliphatic carbocycles. The summed E-state index contributed by atoms with van der Waals surface area (Å²) in [5, 5.41) is 3.80. The molecular weight excluding hydrogens is 225 g/mol. The average molecular weight is 247 g/mol. The van der Waals surface area contributed by atoms with Crippen LogP contribution in [0.5, 0.6) is 0 Å². The van der Waals surface area contributed by atoms with Crippen LogP contribution in [0.4, 0.5) is 4.39 Å². The summed E-state index contributed by atoms with van der Waals surface area (Å²) in [4.78, 5) is 0. The van der Waals surface area contributed by atoms with E-state index in [1.807, 2.05) is 6.07 Å². The second-order valence-corrected chi connectivity index (χ2v) is 5.97. The van der Waals surface area contributed by atoms with Gasteiger partial charge >= 0.3 is 0 Å². The van der Waals surface area contributed by atoms with Gasteiger partial charge in [0, 0.05) is 5.54 Å². The molecule has 0 bridgehead atoms. The van der Waals surface area contributed by atoms with Gasteiger partial charge in [0.15, 0.2) is 0 Å². The van der Waals surface area contributed by atoms with E-state index in [1.165, 1.54) is 44.6 Å². The smallest absolute Gasteiger partial charge is 0.123 e. The van der Waals surface area contributed by atoms with Gasteiger partial charge in [0.05, 0.1) is 0 Å². The van der Waals surface area contributed by atoms with E-state index < -0.39 is 0 Å². The molecule has 2 heteroatoms. The molecule has 2 aliphatic rings. The van der Waals surface area contributed by atoms with E-state index in [1.54, 1.807) is 6.07 Å². The van der Waals surface area contributed by atoms with E-state index in [0.717, 1.165) is 24.4 Å². The number of benzene rings is 1. The third-order valence-corrected chi connectivity index (χ3v) is 4.54. The molecule has 3 rings (SSSR count). The summed E-state index contributed by atoms with van der Waals surface area (Å²) in [5.74, 6) is 0.714. The van der Waals surface area contributed by atoms with Crippen LogP contribution in [-0.2, 0) is 6.42 Å². The van der Waals surface area contributed by atoms with E-state index in [4.69, 9.17) is 0 Å². The molecular formula is C16H22FN. The molecule has 0 aromatic heterocycles. The Labute approximate surface area is 109 Å². The summed E-state index contributed by atoms with van der Waals surface area (Å²) in [5.41, 5.74) is 1.40. The molecule has 1 saturated carbocycles.